The van der Waals surface area contributed by atoms with E-state index in [0.717, 1.165) is 22.4 Å². The normalized spacial score (nSPS) is 11.0. The highest BCUT2D eigenvalue weighted by Crippen LogP contribution is 2.17. The van der Waals surface area contributed by atoms with E-state index < -0.39 is 0 Å². The first-order valence-corrected chi connectivity index (χ1v) is 7.86. The van der Waals surface area contributed by atoms with Crippen molar-refractivity contribution in [3.05, 3.63) is 53.6 Å². The Morgan fingerprint density at radius 2 is 2.13 bits per heavy atom. The first kappa shape index (κ1) is 15.3. The van der Waals surface area contributed by atoms with Crippen LogP contribution < -0.4 is 5.32 Å². The summed E-state index contributed by atoms with van der Waals surface area (Å²) in [6.45, 7) is 5.15. The van der Waals surface area contributed by atoms with Crippen LogP contribution in [-0.2, 0) is 17.8 Å². The molecule has 0 aliphatic carbocycles. The standard InChI is InChI=1S/C18H21N3O2/c1-13-4-3-5-15-12-20-21(18(13)15)11-9-17(22)19-10-8-16-7-6-14(2)23-16/h3-7,12H,8-11H2,1-2H3,(H,19,22). The summed E-state index contributed by atoms with van der Waals surface area (Å²) in [4.78, 5) is 12.0. The van der Waals surface area contributed by atoms with Gasteiger partial charge in [-0.25, -0.2) is 0 Å². The van der Waals surface area contributed by atoms with Crippen molar-refractivity contribution >= 4 is 16.8 Å². The molecule has 3 rings (SSSR count). The predicted molar refractivity (Wildman–Crippen MR) is 89.2 cm³/mol. The number of benzene rings is 1. The molecule has 5 heteroatoms. The number of aromatic nitrogens is 2. The Hall–Kier alpha value is -2.56. The van der Waals surface area contributed by atoms with E-state index in [9.17, 15) is 4.79 Å². The van der Waals surface area contributed by atoms with Crippen LogP contribution in [0.15, 0.2) is 40.9 Å². The van der Waals surface area contributed by atoms with Crippen molar-refractivity contribution in [3.63, 3.8) is 0 Å². The lowest BCUT2D eigenvalue weighted by molar-refractivity contribution is -0.121. The monoisotopic (exact) mass is 311 g/mol. The first-order valence-electron chi connectivity index (χ1n) is 7.86. The van der Waals surface area contributed by atoms with Crippen molar-refractivity contribution < 1.29 is 9.21 Å². The molecular weight excluding hydrogens is 290 g/mol. The molecule has 120 valence electrons. The van der Waals surface area contributed by atoms with Crippen molar-refractivity contribution in [2.24, 2.45) is 0 Å². The van der Waals surface area contributed by atoms with Gasteiger partial charge in [-0.15, -0.1) is 0 Å². The summed E-state index contributed by atoms with van der Waals surface area (Å²) in [5.41, 5.74) is 2.28. The first-order chi connectivity index (χ1) is 11.1. The molecule has 0 unspecified atom stereocenters. The zero-order valence-corrected chi connectivity index (χ0v) is 13.5. The summed E-state index contributed by atoms with van der Waals surface area (Å²) < 4.78 is 7.38. The Morgan fingerprint density at radius 3 is 2.91 bits per heavy atom. The third kappa shape index (κ3) is 3.62. The molecule has 2 aromatic heterocycles. The molecule has 5 nitrogen and oxygen atoms in total. The zero-order chi connectivity index (χ0) is 16.2. The van der Waals surface area contributed by atoms with Crippen molar-refractivity contribution in [1.82, 2.24) is 15.1 Å². The zero-order valence-electron chi connectivity index (χ0n) is 13.5. The molecule has 0 radical (unpaired) electrons. The molecule has 0 bridgehead atoms. The minimum atomic E-state index is 0.0329. The van der Waals surface area contributed by atoms with Crippen molar-refractivity contribution in [3.8, 4) is 0 Å². The summed E-state index contributed by atoms with van der Waals surface area (Å²) >= 11 is 0. The van der Waals surface area contributed by atoms with Crippen LogP contribution in [0.5, 0.6) is 0 Å². The molecule has 1 aromatic carbocycles. The minimum Gasteiger partial charge on any atom is -0.466 e. The second kappa shape index (κ2) is 6.69. The maximum atomic E-state index is 12.0. The van der Waals surface area contributed by atoms with Crippen molar-refractivity contribution in [2.75, 3.05) is 6.54 Å². The molecule has 0 atom stereocenters. The maximum Gasteiger partial charge on any atom is 0.221 e. The van der Waals surface area contributed by atoms with Crippen LogP contribution in [0.25, 0.3) is 10.9 Å². The van der Waals surface area contributed by atoms with E-state index in [1.807, 2.05) is 42.1 Å². The SMILES string of the molecule is Cc1ccc(CCNC(=O)CCn2ncc3cccc(C)c32)o1. The van der Waals surface area contributed by atoms with Crippen LogP contribution in [0.3, 0.4) is 0 Å². The van der Waals surface area contributed by atoms with E-state index in [-0.39, 0.29) is 5.91 Å². The molecular formula is C18H21N3O2. The van der Waals surface area contributed by atoms with Gasteiger partial charge in [0.1, 0.15) is 11.5 Å². The lowest BCUT2D eigenvalue weighted by Gasteiger charge is -2.07. The second-order valence-corrected chi connectivity index (χ2v) is 5.74. The predicted octanol–water partition coefficient (Wildman–Crippen LogP) is 3.00. The van der Waals surface area contributed by atoms with Crippen LogP contribution in [0.2, 0.25) is 0 Å². The van der Waals surface area contributed by atoms with E-state index >= 15 is 0 Å². The van der Waals surface area contributed by atoms with E-state index in [2.05, 4.69) is 23.4 Å². The summed E-state index contributed by atoms with van der Waals surface area (Å²) in [6.07, 6.45) is 2.98. The molecule has 2 heterocycles. The number of carbonyl (C=O) groups is 1. The van der Waals surface area contributed by atoms with Gasteiger partial charge in [0, 0.05) is 24.8 Å². The molecule has 0 aliphatic rings. The molecule has 0 aliphatic heterocycles. The van der Waals surface area contributed by atoms with Crippen LogP contribution in [0.1, 0.15) is 23.5 Å². The number of aryl methyl sites for hydroxylation is 3. The highest BCUT2D eigenvalue weighted by Gasteiger charge is 2.08. The van der Waals surface area contributed by atoms with E-state index in [1.165, 1.54) is 5.56 Å². The molecule has 1 amide bonds. The topological polar surface area (TPSA) is 60.1 Å². The third-order valence-corrected chi connectivity index (χ3v) is 3.90. The fourth-order valence-corrected chi connectivity index (χ4v) is 2.74. The largest absolute Gasteiger partial charge is 0.466 e. The summed E-state index contributed by atoms with van der Waals surface area (Å²) in [7, 11) is 0. The van der Waals surface area contributed by atoms with Crippen molar-refractivity contribution in [2.45, 2.75) is 33.2 Å². The number of hydrogen-bond acceptors (Lipinski definition) is 3. The number of nitrogens with zero attached hydrogens (tertiary/aromatic N) is 2. The Kier molecular flexibility index (Phi) is 4.46. The fraction of sp³-hybridized carbons (Fsp3) is 0.333. The number of hydrogen-bond donors (Lipinski definition) is 1. The number of nitrogens with one attached hydrogen (secondary N) is 1. The third-order valence-electron chi connectivity index (χ3n) is 3.90. The summed E-state index contributed by atoms with van der Waals surface area (Å²) in [5, 5.41) is 8.42. The van der Waals surface area contributed by atoms with Gasteiger partial charge in [0.25, 0.3) is 0 Å². The van der Waals surface area contributed by atoms with Gasteiger partial charge in [-0.05, 0) is 31.5 Å². The summed E-state index contributed by atoms with van der Waals surface area (Å²) in [6, 6.07) is 10.00. The Bertz CT molecular complexity index is 817. The summed E-state index contributed by atoms with van der Waals surface area (Å²) in [5.74, 6) is 1.83. The lowest BCUT2D eigenvalue weighted by Crippen LogP contribution is -2.26. The average Bonchev–Trinajstić information content (AvgIpc) is 3.12. The number of fused-ring (bicyclic) bond motifs is 1. The molecule has 23 heavy (non-hydrogen) atoms. The highest BCUT2D eigenvalue weighted by molar-refractivity contribution is 5.82. The van der Waals surface area contributed by atoms with Gasteiger partial charge in [-0.2, -0.15) is 5.10 Å². The molecule has 0 saturated heterocycles. The van der Waals surface area contributed by atoms with Gasteiger partial charge in [0.05, 0.1) is 18.3 Å². The fourth-order valence-electron chi connectivity index (χ4n) is 2.74. The molecule has 0 fully saturated rings. The Morgan fingerprint density at radius 1 is 1.26 bits per heavy atom. The average molecular weight is 311 g/mol. The molecule has 3 aromatic rings. The van der Waals surface area contributed by atoms with E-state index in [0.29, 0.717) is 25.9 Å². The Labute approximate surface area is 135 Å². The van der Waals surface area contributed by atoms with Crippen LogP contribution in [0.4, 0.5) is 0 Å². The highest BCUT2D eigenvalue weighted by atomic mass is 16.3. The van der Waals surface area contributed by atoms with Gasteiger partial charge >= 0.3 is 0 Å². The van der Waals surface area contributed by atoms with Crippen LogP contribution in [-0.4, -0.2) is 22.2 Å². The molecule has 1 N–H and O–H groups in total. The number of rotatable bonds is 6. The van der Waals surface area contributed by atoms with Gasteiger partial charge < -0.3 is 9.73 Å². The number of para-hydroxylation sites is 1. The van der Waals surface area contributed by atoms with Crippen LogP contribution in [0, 0.1) is 13.8 Å². The second-order valence-electron chi connectivity index (χ2n) is 5.74. The number of amides is 1. The van der Waals surface area contributed by atoms with Gasteiger partial charge in [-0.1, -0.05) is 18.2 Å². The Balaban J connectivity index is 1.50. The van der Waals surface area contributed by atoms with E-state index in [4.69, 9.17) is 4.42 Å². The number of carbonyl (C=O) groups excluding carboxylic acids is 1. The van der Waals surface area contributed by atoms with Gasteiger partial charge in [0.15, 0.2) is 0 Å². The smallest absolute Gasteiger partial charge is 0.221 e. The molecule has 0 saturated carbocycles. The van der Waals surface area contributed by atoms with Crippen LogP contribution >= 0.6 is 0 Å². The maximum absolute atomic E-state index is 12.0. The number of furan rings is 1. The van der Waals surface area contributed by atoms with Crippen molar-refractivity contribution in [1.29, 1.82) is 0 Å². The van der Waals surface area contributed by atoms with Gasteiger partial charge in [0.2, 0.25) is 5.91 Å². The van der Waals surface area contributed by atoms with Gasteiger partial charge in [-0.3, -0.25) is 9.48 Å². The quantitative estimate of drug-likeness (QED) is 0.761. The lowest BCUT2D eigenvalue weighted by atomic mass is 10.2. The molecule has 0 spiro atoms. The van der Waals surface area contributed by atoms with E-state index in [1.54, 1.807) is 0 Å². The minimum absolute atomic E-state index is 0.0329.